The third-order valence-electron chi connectivity index (χ3n) is 1.56. The normalized spacial score (nSPS) is 12.7. The molecule has 0 saturated carbocycles. The summed E-state index contributed by atoms with van der Waals surface area (Å²) in [5.74, 6) is 0.165. The molecule has 0 aliphatic carbocycles. The van der Waals surface area contributed by atoms with Crippen LogP contribution in [-0.4, -0.2) is 29.2 Å². The van der Waals surface area contributed by atoms with Crippen molar-refractivity contribution < 1.29 is 4.79 Å². The second-order valence-electron chi connectivity index (χ2n) is 2.73. The quantitative estimate of drug-likeness (QED) is 0.666. The molecule has 0 aliphatic rings. The van der Waals surface area contributed by atoms with Gasteiger partial charge in [-0.1, -0.05) is 29.3 Å². The number of carbonyl (C=O) groups is 1. The molecule has 11 heavy (non-hydrogen) atoms. The van der Waals surface area contributed by atoms with Crippen LogP contribution in [0.25, 0.3) is 0 Å². The van der Waals surface area contributed by atoms with Gasteiger partial charge in [0.25, 0.3) is 0 Å². The lowest BCUT2D eigenvalue weighted by Gasteiger charge is -2.17. The molecule has 0 aromatic carbocycles. The minimum Gasteiger partial charge on any atom is -0.345 e. The SMILES string of the molecule is CCCCN(C)C(=O)C(C)Br. The Bertz CT molecular complexity index is 125. The summed E-state index contributed by atoms with van der Waals surface area (Å²) < 4.78 is 0. The molecule has 0 aliphatic heterocycles. The van der Waals surface area contributed by atoms with Crippen molar-refractivity contribution in [2.24, 2.45) is 0 Å². The molecule has 0 saturated heterocycles. The first kappa shape index (κ1) is 11.0. The maximum Gasteiger partial charge on any atom is 0.235 e. The van der Waals surface area contributed by atoms with Gasteiger partial charge in [0.15, 0.2) is 0 Å². The number of hydrogen-bond donors (Lipinski definition) is 0. The van der Waals surface area contributed by atoms with Crippen molar-refractivity contribution >= 4 is 21.8 Å². The van der Waals surface area contributed by atoms with Gasteiger partial charge in [-0.25, -0.2) is 0 Å². The van der Waals surface area contributed by atoms with Crippen LogP contribution in [0, 0.1) is 0 Å². The van der Waals surface area contributed by atoms with E-state index in [1.165, 1.54) is 0 Å². The first-order chi connectivity index (χ1) is 5.09. The Kier molecular flexibility index (Phi) is 5.56. The molecule has 0 aromatic heterocycles. The number of alkyl halides is 1. The highest BCUT2D eigenvalue weighted by molar-refractivity contribution is 9.10. The van der Waals surface area contributed by atoms with Crippen molar-refractivity contribution in [2.75, 3.05) is 13.6 Å². The number of unbranched alkanes of at least 4 members (excludes halogenated alkanes) is 1. The Labute approximate surface area is 77.1 Å². The van der Waals surface area contributed by atoms with Gasteiger partial charge in [-0.05, 0) is 13.3 Å². The van der Waals surface area contributed by atoms with E-state index in [4.69, 9.17) is 0 Å². The molecule has 0 heterocycles. The number of rotatable bonds is 4. The van der Waals surface area contributed by atoms with Gasteiger partial charge in [0.1, 0.15) is 0 Å². The van der Waals surface area contributed by atoms with Crippen molar-refractivity contribution in [1.82, 2.24) is 4.90 Å². The maximum atomic E-state index is 11.2. The van der Waals surface area contributed by atoms with E-state index < -0.39 is 0 Å². The van der Waals surface area contributed by atoms with Gasteiger partial charge in [0.05, 0.1) is 4.83 Å². The van der Waals surface area contributed by atoms with Crippen LogP contribution in [0.2, 0.25) is 0 Å². The summed E-state index contributed by atoms with van der Waals surface area (Å²) in [7, 11) is 1.84. The summed E-state index contributed by atoms with van der Waals surface area (Å²) in [6.07, 6.45) is 2.22. The zero-order chi connectivity index (χ0) is 8.85. The van der Waals surface area contributed by atoms with E-state index in [0.29, 0.717) is 0 Å². The molecular weight excluding hydrogens is 206 g/mol. The molecule has 2 nitrogen and oxygen atoms in total. The molecule has 0 bridgehead atoms. The zero-order valence-electron chi connectivity index (χ0n) is 7.43. The summed E-state index contributed by atoms with van der Waals surface area (Å²) in [6.45, 7) is 4.84. The molecule has 0 N–H and O–H groups in total. The topological polar surface area (TPSA) is 20.3 Å². The van der Waals surface area contributed by atoms with Crippen molar-refractivity contribution in [2.45, 2.75) is 31.5 Å². The average molecular weight is 222 g/mol. The number of amides is 1. The van der Waals surface area contributed by atoms with E-state index in [2.05, 4.69) is 22.9 Å². The lowest BCUT2D eigenvalue weighted by atomic mass is 10.3. The van der Waals surface area contributed by atoms with E-state index in [1.807, 2.05) is 14.0 Å². The number of carbonyl (C=O) groups excluding carboxylic acids is 1. The van der Waals surface area contributed by atoms with Crippen LogP contribution < -0.4 is 0 Å². The Morgan fingerprint density at radius 2 is 2.18 bits per heavy atom. The second-order valence-corrected chi connectivity index (χ2v) is 4.10. The maximum absolute atomic E-state index is 11.2. The van der Waals surface area contributed by atoms with Crippen LogP contribution in [0.15, 0.2) is 0 Å². The zero-order valence-corrected chi connectivity index (χ0v) is 9.02. The fourth-order valence-corrected chi connectivity index (χ4v) is 1.16. The third kappa shape index (κ3) is 4.40. The molecule has 0 radical (unpaired) electrons. The van der Waals surface area contributed by atoms with Crippen molar-refractivity contribution in [3.05, 3.63) is 0 Å². The first-order valence-corrected chi connectivity index (χ1v) is 4.90. The van der Waals surface area contributed by atoms with Gasteiger partial charge in [0, 0.05) is 13.6 Å². The Morgan fingerprint density at radius 1 is 1.64 bits per heavy atom. The van der Waals surface area contributed by atoms with Gasteiger partial charge in [-0.3, -0.25) is 4.79 Å². The van der Waals surface area contributed by atoms with Crippen molar-refractivity contribution in [1.29, 1.82) is 0 Å². The standard InChI is InChI=1S/C8H16BrNO/c1-4-5-6-10(3)8(11)7(2)9/h7H,4-6H2,1-3H3. The molecule has 1 amide bonds. The van der Waals surface area contributed by atoms with Crippen LogP contribution in [0.4, 0.5) is 0 Å². The molecule has 0 spiro atoms. The van der Waals surface area contributed by atoms with E-state index in [1.54, 1.807) is 4.90 Å². The van der Waals surface area contributed by atoms with E-state index in [9.17, 15) is 4.79 Å². The van der Waals surface area contributed by atoms with E-state index in [0.717, 1.165) is 19.4 Å². The fourth-order valence-electron chi connectivity index (χ4n) is 0.809. The monoisotopic (exact) mass is 221 g/mol. The minimum atomic E-state index is -0.0515. The fraction of sp³-hybridized carbons (Fsp3) is 0.875. The van der Waals surface area contributed by atoms with E-state index in [-0.39, 0.29) is 10.7 Å². The summed E-state index contributed by atoms with van der Waals surface area (Å²) in [5.41, 5.74) is 0. The number of halogens is 1. The van der Waals surface area contributed by atoms with Gasteiger partial charge in [-0.15, -0.1) is 0 Å². The predicted molar refractivity (Wildman–Crippen MR) is 50.9 cm³/mol. The molecule has 0 rings (SSSR count). The summed E-state index contributed by atoms with van der Waals surface area (Å²) in [4.78, 5) is 12.9. The largest absolute Gasteiger partial charge is 0.345 e. The lowest BCUT2D eigenvalue weighted by Crippen LogP contribution is -2.32. The van der Waals surface area contributed by atoms with Gasteiger partial charge in [-0.2, -0.15) is 0 Å². The highest BCUT2D eigenvalue weighted by atomic mass is 79.9. The Morgan fingerprint density at radius 3 is 2.55 bits per heavy atom. The number of nitrogens with zero attached hydrogens (tertiary/aromatic N) is 1. The van der Waals surface area contributed by atoms with Crippen molar-refractivity contribution in [3.8, 4) is 0 Å². The first-order valence-electron chi connectivity index (χ1n) is 3.98. The highest BCUT2D eigenvalue weighted by Crippen LogP contribution is 2.03. The predicted octanol–water partition coefficient (Wildman–Crippen LogP) is 2.03. The molecular formula is C8H16BrNO. The average Bonchev–Trinajstić information content (AvgIpc) is 1.98. The van der Waals surface area contributed by atoms with Crippen molar-refractivity contribution in [3.63, 3.8) is 0 Å². The highest BCUT2D eigenvalue weighted by Gasteiger charge is 2.12. The summed E-state index contributed by atoms with van der Waals surface area (Å²) >= 11 is 3.24. The lowest BCUT2D eigenvalue weighted by molar-refractivity contribution is -0.128. The van der Waals surface area contributed by atoms with Crippen LogP contribution in [0.1, 0.15) is 26.7 Å². The Balaban J connectivity index is 3.64. The third-order valence-corrected chi connectivity index (χ3v) is 1.96. The molecule has 66 valence electrons. The smallest absolute Gasteiger partial charge is 0.235 e. The Hall–Kier alpha value is -0.0500. The van der Waals surface area contributed by atoms with Crippen LogP contribution >= 0.6 is 15.9 Å². The molecule has 3 heteroatoms. The van der Waals surface area contributed by atoms with Crippen LogP contribution in [-0.2, 0) is 4.79 Å². The minimum absolute atomic E-state index is 0.0515. The second kappa shape index (κ2) is 5.58. The summed E-state index contributed by atoms with van der Waals surface area (Å²) in [6, 6.07) is 0. The summed E-state index contributed by atoms with van der Waals surface area (Å²) in [5, 5.41) is 0. The molecule has 0 fully saturated rings. The molecule has 1 unspecified atom stereocenters. The van der Waals surface area contributed by atoms with Gasteiger partial charge >= 0.3 is 0 Å². The van der Waals surface area contributed by atoms with Crippen LogP contribution in [0.3, 0.4) is 0 Å². The molecule has 1 atom stereocenters. The van der Waals surface area contributed by atoms with Gasteiger partial charge < -0.3 is 4.90 Å². The van der Waals surface area contributed by atoms with Crippen LogP contribution in [0.5, 0.6) is 0 Å². The van der Waals surface area contributed by atoms with Gasteiger partial charge in [0.2, 0.25) is 5.91 Å². The molecule has 0 aromatic rings. The number of hydrogen-bond acceptors (Lipinski definition) is 1. The van der Waals surface area contributed by atoms with E-state index >= 15 is 0 Å².